The minimum atomic E-state index is -1.12. The summed E-state index contributed by atoms with van der Waals surface area (Å²) >= 11 is 0. The van der Waals surface area contributed by atoms with Crippen molar-refractivity contribution in [3.05, 3.63) is 70.8 Å². The van der Waals surface area contributed by atoms with E-state index in [0.717, 1.165) is 55.9 Å². The highest BCUT2D eigenvalue weighted by Gasteiger charge is 2.32. The van der Waals surface area contributed by atoms with Crippen LogP contribution in [-0.4, -0.2) is 55.4 Å². The lowest BCUT2D eigenvalue weighted by molar-refractivity contribution is -0.149. The van der Waals surface area contributed by atoms with Gasteiger partial charge in [-0.2, -0.15) is 0 Å². The first-order chi connectivity index (χ1) is 17.9. The Morgan fingerprint density at radius 3 is 2.29 bits per heavy atom. The first-order valence-corrected chi connectivity index (χ1v) is 12.7. The number of amides is 2. The Morgan fingerprint density at radius 2 is 1.68 bits per heavy atom. The van der Waals surface area contributed by atoms with Crippen molar-refractivity contribution in [1.82, 2.24) is 4.90 Å². The molecule has 1 aliphatic rings. The molecule has 3 aromatic rings. The average molecular weight is 517 g/mol. The lowest BCUT2D eigenvalue weighted by Gasteiger charge is -2.36. The number of aryl methyl sites for hydroxylation is 1. The van der Waals surface area contributed by atoms with E-state index in [2.05, 4.69) is 6.07 Å². The lowest BCUT2D eigenvalue weighted by atomic mass is 9.84. The first-order valence-electron chi connectivity index (χ1n) is 12.7. The molecule has 2 amide bonds. The van der Waals surface area contributed by atoms with Gasteiger partial charge in [0.25, 0.3) is 0 Å². The molecule has 1 heterocycles. The number of urea groups is 1. The number of anilines is 1. The molecule has 1 aliphatic heterocycles. The van der Waals surface area contributed by atoms with E-state index in [1.54, 1.807) is 44.9 Å². The van der Waals surface area contributed by atoms with Gasteiger partial charge in [-0.25, -0.2) is 4.79 Å². The quantitative estimate of drug-likeness (QED) is 0.438. The van der Waals surface area contributed by atoms with Crippen LogP contribution in [0, 0.1) is 13.8 Å². The molecule has 0 unspecified atom stereocenters. The second-order valence-corrected chi connectivity index (χ2v) is 10.7. The van der Waals surface area contributed by atoms with Gasteiger partial charge < -0.3 is 19.5 Å². The number of carbonyl (C=O) groups excluding carboxylic acids is 2. The number of benzene rings is 3. The summed E-state index contributed by atoms with van der Waals surface area (Å²) in [4.78, 5) is 29.7. The van der Waals surface area contributed by atoms with Crippen LogP contribution in [0.1, 0.15) is 36.1 Å². The molecule has 0 saturated carbocycles. The Labute approximate surface area is 224 Å². The topological polar surface area (TPSA) is 79.3 Å². The third-order valence-corrected chi connectivity index (χ3v) is 6.76. The number of hydrogen-bond donors (Lipinski definition) is 1. The first kappa shape index (κ1) is 27.2. The van der Waals surface area contributed by atoms with Crippen LogP contribution in [-0.2, 0) is 22.5 Å². The van der Waals surface area contributed by atoms with Crippen molar-refractivity contribution in [2.45, 2.75) is 46.3 Å². The monoisotopic (exact) mass is 516 g/mol. The van der Waals surface area contributed by atoms with Crippen molar-refractivity contribution in [1.29, 1.82) is 0 Å². The SMILES string of the molecule is COc1ccc2c(c1)CN(C(=O)N(C)C)c1c-2cc(-c2ccc(C)cc2)c(CC(=O)OCC(C)(C)O)c1C. The van der Waals surface area contributed by atoms with Crippen LogP contribution in [0.15, 0.2) is 48.5 Å². The summed E-state index contributed by atoms with van der Waals surface area (Å²) in [5.74, 6) is 0.293. The van der Waals surface area contributed by atoms with Gasteiger partial charge in [0.1, 0.15) is 12.4 Å². The van der Waals surface area contributed by atoms with Crippen molar-refractivity contribution in [2.75, 3.05) is 32.7 Å². The van der Waals surface area contributed by atoms with Crippen LogP contribution >= 0.6 is 0 Å². The number of nitrogens with zero attached hydrogens (tertiary/aromatic N) is 2. The number of aliphatic hydroxyl groups is 1. The zero-order chi connectivity index (χ0) is 27.8. The van der Waals surface area contributed by atoms with Gasteiger partial charge in [-0.1, -0.05) is 35.9 Å². The normalized spacial score (nSPS) is 12.5. The largest absolute Gasteiger partial charge is 0.497 e. The van der Waals surface area contributed by atoms with Gasteiger partial charge in [0, 0.05) is 19.7 Å². The smallest absolute Gasteiger partial charge is 0.324 e. The summed E-state index contributed by atoms with van der Waals surface area (Å²) < 4.78 is 10.9. The van der Waals surface area contributed by atoms with E-state index < -0.39 is 11.6 Å². The van der Waals surface area contributed by atoms with Crippen LogP contribution in [0.3, 0.4) is 0 Å². The molecular weight excluding hydrogens is 480 g/mol. The van der Waals surface area contributed by atoms with Crippen molar-refractivity contribution in [3.63, 3.8) is 0 Å². The molecule has 0 atom stereocenters. The molecule has 7 nitrogen and oxygen atoms in total. The Morgan fingerprint density at radius 1 is 1.00 bits per heavy atom. The van der Waals surface area contributed by atoms with E-state index in [0.29, 0.717) is 6.54 Å². The highest BCUT2D eigenvalue weighted by atomic mass is 16.5. The van der Waals surface area contributed by atoms with E-state index in [-0.39, 0.29) is 19.1 Å². The number of methoxy groups -OCH3 is 1. The second-order valence-electron chi connectivity index (χ2n) is 10.7. The predicted molar refractivity (Wildman–Crippen MR) is 150 cm³/mol. The number of rotatable bonds is 6. The van der Waals surface area contributed by atoms with Gasteiger partial charge in [-0.05, 0) is 79.3 Å². The second kappa shape index (κ2) is 10.5. The molecule has 200 valence electrons. The standard InChI is InChI=1S/C31H36N2O5/c1-19-8-10-21(11-9-19)26-15-27-24-13-12-23(37-7)14-22(24)17-33(30(35)32(5)6)29(27)20(2)25(26)16-28(34)38-18-31(3,4)36/h8-15,36H,16-18H2,1-7H3. The molecule has 0 saturated heterocycles. The van der Waals surface area contributed by atoms with Crippen LogP contribution in [0.4, 0.5) is 10.5 Å². The molecule has 0 aromatic heterocycles. The van der Waals surface area contributed by atoms with E-state index in [9.17, 15) is 14.7 Å². The highest BCUT2D eigenvalue weighted by Crippen LogP contribution is 2.47. The zero-order valence-electron chi connectivity index (χ0n) is 23.2. The summed E-state index contributed by atoms with van der Waals surface area (Å²) in [5, 5.41) is 10.0. The number of esters is 1. The maximum Gasteiger partial charge on any atom is 0.324 e. The molecule has 3 aromatic carbocycles. The number of fused-ring (bicyclic) bond motifs is 3. The maximum atomic E-state index is 13.4. The molecule has 38 heavy (non-hydrogen) atoms. The Hall–Kier alpha value is -3.84. The van der Waals surface area contributed by atoms with Gasteiger partial charge in [0.2, 0.25) is 0 Å². The lowest BCUT2D eigenvalue weighted by Crippen LogP contribution is -2.41. The molecule has 0 fully saturated rings. The minimum Gasteiger partial charge on any atom is -0.497 e. The summed E-state index contributed by atoms with van der Waals surface area (Å²) in [6.45, 7) is 7.46. The van der Waals surface area contributed by atoms with Crippen molar-refractivity contribution < 1.29 is 24.2 Å². The van der Waals surface area contributed by atoms with Gasteiger partial charge in [0.05, 0.1) is 31.4 Å². The zero-order valence-corrected chi connectivity index (χ0v) is 23.2. The summed E-state index contributed by atoms with van der Waals surface area (Å²) in [7, 11) is 5.09. The summed E-state index contributed by atoms with van der Waals surface area (Å²) in [6.07, 6.45) is 0.0118. The van der Waals surface area contributed by atoms with E-state index in [4.69, 9.17) is 9.47 Å². The van der Waals surface area contributed by atoms with Gasteiger partial charge >= 0.3 is 12.0 Å². The van der Waals surface area contributed by atoms with E-state index in [1.165, 1.54) is 0 Å². The van der Waals surface area contributed by atoms with Crippen LogP contribution in [0.5, 0.6) is 5.75 Å². The number of ether oxygens (including phenoxy) is 2. The fourth-order valence-corrected chi connectivity index (χ4v) is 4.82. The molecular formula is C31H36N2O5. The molecule has 1 N–H and O–H groups in total. The van der Waals surface area contributed by atoms with Crippen molar-refractivity contribution in [2.24, 2.45) is 0 Å². The maximum absolute atomic E-state index is 13.4. The predicted octanol–water partition coefficient (Wildman–Crippen LogP) is 5.50. The molecule has 0 bridgehead atoms. The average Bonchev–Trinajstić information content (AvgIpc) is 2.87. The molecule has 0 spiro atoms. The number of hydrogen-bond acceptors (Lipinski definition) is 5. The van der Waals surface area contributed by atoms with Gasteiger partial charge in [0.15, 0.2) is 0 Å². The molecule has 4 rings (SSSR count). The van der Waals surface area contributed by atoms with Crippen LogP contribution in [0.2, 0.25) is 0 Å². The third-order valence-electron chi connectivity index (χ3n) is 6.76. The minimum absolute atomic E-state index is 0.0118. The molecule has 0 aliphatic carbocycles. The summed E-state index contributed by atoms with van der Waals surface area (Å²) in [6, 6.07) is 16.0. The van der Waals surface area contributed by atoms with E-state index >= 15 is 0 Å². The van der Waals surface area contributed by atoms with Crippen LogP contribution in [0.25, 0.3) is 22.3 Å². The fourth-order valence-electron chi connectivity index (χ4n) is 4.82. The fraction of sp³-hybridized carbons (Fsp3) is 0.355. The molecule has 7 heteroatoms. The van der Waals surface area contributed by atoms with Crippen LogP contribution < -0.4 is 9.64 Å². The van der Waals surface area contributed by atoms with Gasteiger partial charge in [-0.15, -0.1) is 0 Å². The number of carbonyl (C=O) groups is 2. The molecule has 0 radical (unpaired) electrons. The summed E-state index contributed by atoms with van der Waals surface area (Å²) in [5.41, 5.74) is 7.23. The van der Waals surface area contributed by atoms with Crippen molar-refractivity contribution in [3.8, 4) is 28.0 Å². The van der Waals surface area contributed by atoms with Gasteiger partial charge in [-0.3, -0.25) is 9.69 Å². The Bertz CT molecular complexity index is 1370. The Balaban J connectivity index is 1.95. The van der Waals surface area contributed by atoms with Crippen molar-refractivity contribution >= 4 is 17.7 Å². The highest BCUT2D eigenvalue weighted by molar-refractivity contribution is 6.02. The van der Waals surface area contributed by atoms with E-state index in [1.807, 2.05) is 56.3 Å². The third kappa shape index (κ3) is 5.53. The Kier molecular flexibility index (Phi) is 7.51.